The van der Waals surface area contributed by atoms with Gasteiger partial charge >= 0.3 is 0 Å². The van der Waals surface area contributed by atoms with Gasteiger partial charge in [0.1, 0.15) is 11.9 Å². The molecule has 0 spiro atoms. The Balaban J connectivity index is 2.17. The number of carbonyl (C=O) groups is 2. The van der Waals surface area contributed by atoms with E-state index in [1.54, 1.807) is 44.2 Å². The van der Waals surface area contributed by atoms with Crippen LogP contribution >= 0.6 is 0 Å². The summed E-state index contributed by atoms with van der Waals surface area (Å²) in [5.74, 6) is 0.511. The molecule has 0 heterocycles. The monoisotopic (exact) mass is 444 g/mol. The highest BCUT2D eigenvalue weighted by Gasteiger charge is 2.26. The van der Waals surface area contributed by atoms with Crippen LogP contribution in [0.5, 0.6) is 11.5 Å². The summed E-state index contributed by atoms with van der Waals surface area (Å²) in [6, 6.07) is 10.8. The van der Waals surface area contributed by atoms with Crippen molar-refractivity contribution >= 4 is 11.8 Å². The molecule has 2 rings (SSSR count). The van der Waals surface area contributed by atoms with Crippen LogP contribution in [0, 0.1) is 5.82 Å². The standard InChI is InChI=1S/C25H33FN2O4/c1-6-17(2)27-25(30)18(3)28(16-20-7-11-21(26)12-8-20)24(29)14-10-19-9-13-22(31-4)23(15-19)32-5/h7-9,11-13,15,17-18H,6,10,14,16H2,1-5H3,(H,27,30). The predicted octanol–water partition coefficient (Wildman–Crippen LogP) is 4.11. The summed E-state index contributed by atoms with van der Waals surface area (Å²) < 4.78 is 23.9. The number of nitrogens with one attached hydrogen (secondary N) is 1. The Labute approximate surface area is 189 Å². The Kier molecular flexibility index (Phi) is 9.50. The van der Waals surface area contributed by atoms with Crippen molar-refractivity contribution in [3.8, 4) is 11.5 Å². The number of nitrogens with zero attached hydrogens (tertiary/aromatic N) is 1. The molecule has 0 aliphatic rings. The van der Waals surface area contributed by atoms with E-state index in [0.717, 1.165) is 17.5 Å². The summed E-state index contributed by atoms with van der Waals surface area (Å²) in [5.41, 5.74) is 1.68. The third kappa shape index (κ3) is 6.97. The lowest BCUT2D eigenvalue weighted by Crippen LogP contribution is -2.49. The van der Waals surface area contributed by atoms with E-state index in [1.165, 1.54) is 12.1 Å². The second kappa shape index (κ2) is 12.1. The van der Waals surface area contributed by atoms with Gasteiger partial charge in [0, 0.05) is 19.0 Å². The van der Waals surface area contributed by atoms with Gasteiger partial charge in [0.25, 0.3) is 0 Å². The average Bonchev–Trinajstić information content (AvgIpc) is 2.81. The Morgan fingerprint density at radius 3 is 2.22 bits per heavy atom. The first-order valence-corrected chi connectivity index (χ1v) is 10.8. The number of amides is 2. The van der Waals surface area contributed by atoms with Gasteiger partial charge in [0.15, 0.2) is 11.5 Å². The minimum Gasteiger partial charge on any atom is -0.493 e. The Bertz CT molecular complexity index is 901. The van der Waals surface area contributed by atoms with E-state index in [0.29, 0.717) is 17.9 Å². The molecule has 0 radical (unpaired) electrons. The smallest absolute Gasteiger partial charge is 0.242 e. The zero-order chi connectivity index (χ0) is 23.7. The fourth-order valence-electron chi connectivity index (χ4n) is 3.27. The first kappa shape index (κ1) is 25.2. The molecule has 6 nitrogen and oxygen atoms in total. The molecule has 0 aliphatic heterocycles. The van der Waals surface area contributed by atoms with Gasteiger partial charge < -0.3 is 19.7 Å². The first-order chi connectivity index (χ1) is 15.3. The summed E-state index contributed by atoms with van der Waals surface area (Å²) in [5, 5.41) is 2.94. The summed E-state index contributed by atoms with van der Waals surface area (Å²) in [6.45, 7) is 5.85. The van der Waals surface area contributed by atoms with E-state index in [9.17, 15) is 14.0 Å². The van der Waals surface area contributed by atoms with Crippen LogP contribution in [0.1, 0.15) is 44.7 Å². The second-order valence-electron chi connectivity index (χ2n) is 7.83. The molecule has 0 fully saturated rings. The van der Waals surface area contributed by atoms with E-state index < -0.39 is 6.04 Å². The maximum atomic E-state index is 13.3. The number of ether oxygens (including phenoxy) is 2. The van der Waals surface area contributed by atoms with Crippen molar-refractivity contribution in [3.63, 3.8) is 0 Å². The molecule has 1 N–H and O–H groups in total. The Morgan fingerprint density at radius 1 is 1.00 bits per heavy atom. The van der Waals surface area contributed by atoms with Crippen molar-refractivity contribution in [2.45, 2.75) is 58.7 Å². The lowest BCUT2D eigenvalue weighted by Gasteiger charge is -2.30. The highest BCUT2D eigenvalue weighted by atomic mass is 19.1. The largest absolute Gasteiger partial charge is 0.493 e. The molecule has 0 aliphatic carbocycles. The lowest BCUT2D eigenvalue weighted by molar-refractivity contribution is -0.140. The molecule has 0 saturated heterocycles. The van der Waals surface area contributed by atoms with Crippen LogP contribution in [0.4, 0.5) is 4.39 Å². The van der Waals surface area contributed by atoms with Crippen LogP contribution in [0.3, 0.4) is 0 Å². The molecule has 0 aromatic heterocycles. The number of methoxy groups -OCH3 is 2. The third-order valence-electron chi connectivity index (χ3n) is 5.51. The molecule has 0 bridgehead atoms. The summed E-state index contributed by atoms with van der Waals surface area (Å²) >= 11 is 0. The highest BCUT2D eigenvalue weighted by molar-refractivity contribution is 5.87. The first-order valence-electron chi connectivity index (χ1n) is 10.8. The van der Waals surface area contributed by atoms with Crippen LogP contribution in [-0.2, 0) is 22.6 Å². The highest BCUT2D eigenvalue weighted by Crippen LogP contribution is 2.28. The number of hydrogen-bond acceptors (Lipinski definition) is 4. The van der Waals surface area contributed by atoms with E-state index in [-0.39, 0.29) is 36.6 Å². The third-order valence-corrected chi connectivity index (χ3v) is 5.51. The molecule has 2 atom stereocenters. The SMILES string of the molecule is CCC(C)NC(=O)C(C)N(Cc1ccc(F)cc1)C(=O)CCc1ccc(OC)c(OC)c1. The average molecular weight is 445 g/mol. The number of hydrogen-bond donors (Lipinski definition) is 1. The van der Waals surface area contributed by atoms with Crippen molar-refractivity contribution in [1.82, 2.24) is 10.2 Å². The Hall–Kier alpha value is -3.09. The molecule has 0 saturated carbocycles. The van der Waals surface area contributed by atoms with E-state index in [1.807, 2.05) is 26.0 Å². The molecule has 2 aromatic rings. The van der Waals surface area contributed by atoms with Gasteiger partial charge in [0.2, 0.25) is 11.8 Å². The minimum atomic E-state index is -0.660. The van der Waals surface area contributed by atoms with Crippen LogP contribution in [0.25, 0.3) is 0 Å². The van der Waals surface area contributed by atoms with Gasteiger partial charge in [-0.2, -0.15) is 0 Å². The van der Waals surface area contributed by atoms with Gasteiger partial charge in [0.05, 0.1) is 14.2 Å². The van der Waals surface area contributed by atoms with Crippen molar-refractivity contribution in [1.29, 1.82) is 0 Å². The van der Waals surface area contributed by atoms with Gasteiger partial charge in [-0.1, -0.05) is 25.1 Å². The number of halogens is 1. The van der Waals surface area contributed by atoms with Crippen LogP contribution < -0.4 is 14.8 Å². The normalized spacial score (nSPS) is 12.6. The molecule has 2 aromatic carbocycles. The number of aryl methyl sites for hydroxylation is 1. The quantitative estimate of drug-likeness (QED) is 0.566. The van der Waals surface area contributed by atoms with Gasteiger partial charge in [-0.3, -0.25) is 9.59 Å². The number of benzene rings is 2. The van der Waals surface area contributed by atoms with Gasteiger partial charge in [-0.25, -0.2) is 4.39 Å². The maximum Gasteiger partial charge on any atom is 0.242 e. The number of rotatable bonds is 11. The zero-order valence-electron chi connectivity index (χ0n) is 19.5. The molecule has 2 unspecified atom stereocenters. The predicted molar refractivity (Wildman–Crippen MR) is 122 cm³/mol. The fourth-order valence-corrected chi connectivity index (χ4v) is 3.27. The molecular weight excluding hydrogens is 411 g/mol. The number of carbonyl (C=O) groups excluding carboxylic acids is 2. The molecule has 2 amide bonds. The lowest BCUT2D eigenvalue weighted by atomic mass is 10.1. The van der Waals surface area contributed by atoms with Crippen molar-refractivity contribution in [2.24, 2.45) is 0 Å². The van der Waals surface area contributed by atoms with Crippen LogP contribution in [0.15, 0.2) is 42.5 Å². The molecule has 174 valence electrons. The van der Waals surface area contributed by atoms with E-state index >= 15 is 0 Å². The zero-order valence-corrected chi connectivity index (χ0v) is 19.5. The molecule has 32 heavy (non-hydrogen) atoms. The van der Waals surface area contributed by atoms with E-state index in [2.05, 4.69) is 5.32 Å². The van der Waals surface area contributed by atoms with Crippen LogP contribution in [-0.4, -0.2) is 43.0 Å². The minimum absolute atomic E-state index is 0.0134. The van der Waals surface area contributed by atoms with Gasteiger partial charge in [-0.05, 0) is 62.1 Å². The second-order valence-corrected chi connectivity index (χ2v) is 7.83. The van der Waals surface area contributed by atoms with Crippen molar-refractivity contribution in [3.05, 3.63) is 59.4 Å². The summed E-state index contributed by atoms with van der Waals surface area (Å²) in [4.78, 5) is 27.5. The van der Waals surface area contributed by atoms with E-state index in [4.69, 9.17) is 9.47 Å². The fraction of sp³-hybridized carbons (Fsp3) is 0.440. The van der Waals surface area contributed by atoms with Gasteiger partial charge in [-0.15, -0.1) is 0 Å². The summed E-state index contributed by atoms with van der Waals surface area (Å²) in [7, 11) is 3.13. The van der Waals surface area contributed by atoms with Crippen molar-refractivity contribution in [2.75, 3.05) is 14.2 Å². The maximum absolute atomic E-state index is 13.3. The molecule has 7 heteroatoms. The summed E-state index contributed by atoms with van der Waals surface area (Å²) in [6.07, 6.45) is 1.50. The topological polar surface area (TPSA) is 67.9 Å². The Morgan fingerprint density at radius 2 is 1.62 bits per heavy atom. The van der Waals surface area contributed by atoms with Crippen molar-refractivity contribution < 1.29 is 23.5 Å². The molecular formula is C25H33FN2O4. The van der Waals surface area contributed by atoms with Crippen LogP contribution in [0.2, 0.25) is 0 Å².